The molecule has 3 aromatic heterocycles. The number of carbonyl (C=O) groups excluding carboxylic acids is 1. The summed E-state index contributed by atoms with van der Waals surface area (Å²) in [5.74, 6) is 2.52. The second kappa shape index (κ2) is 9.05. The van der Waals surface area contributed by atoms with Gasteiger partial charge in [0.25, 0.3) is 0 Å². The molecule has 0 unspecified atom stereocenters. The molecule has 1 fully saturated rings. The fraction of sp³-hybridized carbons (Fsp3) is 0.304. The molecule has 1 aromatic carbocycles. The molecule has 35 heavy (non-hydrogen) atoms. The van der Waals surface area contributed by atoms with Gasteiger partial charge in [0.2, 0.25) is 17.6 Å². The third-order valence-corrected chi connectivity index (χ3v) is 5.91. The van der Waals surface area contributed by atoms with E-state index in [1.165, 1.54) is 0 Å². The number of anilines is 3. The molecule has 1 amide bonds. The Morgan fingerprint density at radius 3 is 2.63 bits per heavy atom. The van der Waals surface area contributed by atoms with Gasteiger partial charge in [0.1, 0.15) is 23.7 Å². The zero-order chi connectivity index (χ0) is 24.5. The van der Waals surface area contributed by atoms with Gasteiger partial charge in [0, 0.05) is 24.7 Å². The minimum atomic E-state index is -0.438. The Kier molecular flexibility index (Phi) is 5.77. The lowest BCUT2D eigenvalue weighted by Gasteiger charge is -2.22. The topological polar surface area (TPSA) is 143 Å². The van der Waals surface area contributed by atoms with Gasteiger partial charge in [-0.2, -0.15) is 4.98 Å². The van der Waals surface area contributed by atoms with Crippen LogP contribution in [0.5, 0.6) is 17.2 Å². The Hall–Kier alpha value is -4.48. The van der Waals surface area contributed by atoms with Crippen molar-refractivity contribution in [3.8, 4) is 22.9 Å². The number of carbonyl (C=O) groups is 1. The van der Waals surface area contributed by atoms with Crippen LogP contribution in [-0.4, -0.2) is 59.3 Å². The second-order valence-corrected chi connectivity index (χ2v) is 7.94. The molecule has 12 heteroatoms. The summed E-state index contributed by atoms with van der Waals surface area (Å²) in [6, 6.07) is 4.94. The Morgan fingerprint density at radius 2 is 1.94 bits per heavy atom. The molecule has 0 spiro atoms. The van der Waals surface area contributed by atoms with Gasteiger partial charge in [-0.15, -0.1) is 0 Å². The van der Waals surface area contributed by atoms with E-state index in [2.05, 4.69) is 20.3 Å². The van der Waals surface area contributed by atoms with Crippen LogP contribution in [-0.2, 0) is 4.79 Å². The summed E-state index contributed by atoms with van der Waals surface area (Å²) in [6.45, 7) is 0.645. The predicted molar refractivity (Wildman–Crippen MR) is 128 cm³/mol. The summed E-state index contributed by atoms with van der Waals surface area (Å²) in [4.78, 5) is 27.4. The van der Waals surface area contributed by atoms with Gasteiger partial charge in [-0.3, -0.25) is 4.79 Å². The molecule has 1 aliphatic heterocycles. The lowest BCUT2D eigenvalue weighted by molar-refractivity contribution is -0.119. The highest BCUT2D eigenvalue weighted by molar-refractivity contribution is 5.88. The number of nitrogens with zero attached hydrogens (tertiary/aromatic N) is 5. The summed E-state index contributed by atoms with van der Waals surface area (Å²) in [7, 11) is 4.68. The maximum Gasteiger partial charge on any atom is 0.240 e. The van der Waals surface area contributed by atoms with Gasteiger partial charge in [0.15, 0.2) is 22.9 Å². The molecule has 4 aromatic rings. The van der Waals surface area contributed by atoms with Crippen molar-refractivity contribution < 1.29 is 23.4 Å². The fourth-order valence-electron chi connectivity index (χ4n) is 4.23. The molecule has 12 nitrogen and oxygen atoms in total. The Morgan fingerprint density at radius 1 is 1.17 bits per heavy atom. The van der Waals surface area contributed by atoms with Crippen LogP contribution in [0.2, 0.25) is 0 Å². The van der Waals surface area contributed by atoms with Crippen molar-refractivity contribution in [1.82, 2.24) is 19.5 Å². The number of hydrogen-bond acceptors (Lipinski definition) is 10. The zero-order valence-electron chi connectivity index (χ0n) is 19.5. The predicted octanol–water partition coefficient (Wildman–Crippen LogP) is 2.63. The molecule has 1 saturated heterocycles. The first-order valence-corrected chi connectivity index (χ1v) is 10.9. The highest BCUT2D eigenvalue weighted by Gasteiger charge is 2.31. The van der Waals surface area contributed by atoms with Crippen LogP contribution in [0, 0.1) is 0 Å². The lowest BCUT2D eigenvalue weighted by Crippen LogP contribution is -2.41. The van der Waals surface area contributed by atoms with Crippen LogP contribution in [0.1, 0.15) is 12.8 Å². The molecule has 0 aliphatic carbocycles. The number of fused-ring (bicyclic) bond motifs is 1. The summed E-state index contributed by atoms with van der Waals surface area (Å²) in [5.41, 5.74) is 7.43. The molecule has 0 saturated carbocycles. The molecule has 1 atom stereocenters. The number of methoxy groups -OCH3 is 3. The standard InChI is InChI=1S/C23H25N7O5/c1-32-16-9-13(10-17(33-2)20(16)34-3)29-11-18(25-12-29)27-22-19-14(6-8-35-19)26-23(28-22)30-7-4-5-15(30)21(24)31/h6,8-12,15H,4-5,7H2,1-3H3,(H2,24,31)(H,26,27,28)/t15-/m1/s1. The van der Waals surface area contributed by atoms with Crippen molar-refractivity contribution in [3.05, 3.63) is 37.0 Å². The number of amides is 1. The Balaban J connectivity index is 1.48. The first kappa shape index (κ1) is 22.3. The first-order valence-electron chi connectivity index (χ1n) is 10.9. The Labute approximate surface area is 200 Å². The number of hydrogen-bond donors (Lipinski definition) is 2. The van der Waals surface area contributed by atoms with E-state index in [4.69, 9.17) is 24.4 Å². The number of rotatable bonds is 8. The minimum Gasteiger partial charge on any atom is -0.493 e. The van der Waals surface area contributed by atoms with Crippen LogP contribution >= 0.6 is 0 Å². The van der Waals surface area contributed by atoms with Crippen molar-refractivity contribution in [2.24, 2.45) is 5.73 Å². The molecule has 0 radical (unpaired) electrons. The van der Waals surface area contributed by atoms with Gasteiger partial charge in [0.05, 0.1) is 39.5 Å². The van der Waals surface area contributed by atoms with E-state index in [0.717, 1.165) is 12.1 Å². The van der Waals surface area contributed by atoms with Gasteiger partial charge in [-0.1, -0.05) is 0 Å². The van der Waals surface area contributed by atoms with Gasteiger partial charge >= 0.3 is 0 Å². The SMILES string of the molecule is COc1cc(-n2cnc(Nc3nc(N4CCC[C@@H]4C(N)=O)nc4ccoc34)c2)cc(OC)c1OC. The minimum absolute atomic E-state index is 0.392. The third kappa shape index (κ3) is 4.03. The number of imidazole rings is 1. The maximum atomic E-state index is 11.9. The van der Waals surface area contributed by atoms with Crippen molar-refractivity contribution in [2.45, 2.75) is 18.9 Å². The molecule has 1 aliphatic rings. The van der Waals surface area contributed by atoms with Crippen LogP contribution in [0.15, 0.2) is 41.4 Å². The van der Waals surface area contributed by atoms with E-state index in [1.54, 1.807) is 50.8 Å². The van der Waals surface area contributed by atoms with Crippen molar-refractivity contribution in [1.29, 1.82) is 0 Å². The fourth-order valence-corrected chi connectivity index (χ4v) is 4.23. The highest BCUT2D eigenvalue weighted by atomic mass is 16.5. The molecule has 3 N–H and O–H groups in total. The van der Waals surface area contributed by atoms with E-state index >= 15 is 0 Å². The number of nitrogens with two attached hydrogens (primary N) is 1. The largest absolute Gasteiger partial charge is 0.493 e. The van der Waals surface area contributed by atoms with E-state index in [9.17, 15) is 4.79 Å². The van der Waals surface area contributed by atoms with Gasteiger partial charge in [-0.05, 0) is 12.8 Å². The molecular weight excluding hydrogens is 454 g/mol. The number of aromatic nitrogens is 4. The molecule has 4 heterocycles. The van der Waals surface area contributed by atoms with Gasteiger partial charge < -0.3 is 39.1 Å². The van der Waals surface area contributed by atoms with Gasteiger partial charge in [-0.25, -0.2) is 9.97 Å². The van der Waals surface area contributed by atoms with E-state index in [0.29, 0.717) is 58.9 Å². The summed E-state index contributed by atoms with van der Waals surface area (Å²) in [6.07, 6.45) is 6.48. The van der Waals surface area contributed by atoms with E-state index < -0.39 is 11.9 Å². The summed E-state index contributed by atoms with van der Waals surface area (Å²) in [5, 5.41) is 3.20. The van der Waals surface area contributed by atoms with E-state index in [-0.39, 0.29) is 0 Å². The first-order chi connectivity index (χ1) is 17.0. The second-order valence-electron chi connectivity index (χ2n) is 7.94. The van der Waals surface area contributed by atoms with Crippen molar-refractivity contribution in [2.75, 3.05) is 38.1 Å². The number of primary amides is 1. The van der Waals surface area contributed by atoms with Crippen LogP contribution in [0.25, 0.3) is 16.8 Å². The monoisotopic (exact) mass is 479 g/mol. The number of benzene rings is 1. The number of ether oxygens (including phenoxy) is 3. The molecule has 0 bridgehead atoms. The average molecular weight is 479 g/mol. The molecular formula is C23H25N7O5. The highest BCUT2D eigenvalue weighted by Crippen LogP contribution is 2.39. The van der Waals surface area contributed by atoms with Crippen molar-refractivity contribution in [3.63, 3.8) is 0 Å². The molecule has 182 valence electrons. The number of furan rings is 1. The molecule has 5 rings (SSSR count). The van der Waals surface area contributed by atoms with Crippen LogP contribution in [0.4, 0.5) is 17.6 Å². The lowest BCUT2D eigenvalue weighted by atomic mass is 10.2. The van der Waals surface area contributed by atoms with Crippen LogP contribution < -0.4 is 30.2 Å². The normalized spacial score (nSPS) is 15.4. The third-order valence-electron chi connectivity index (χ3n) is 5.91. The summed E-state index contributed by atoms with van der Waals surface area (Å²) >= 11 is 0. The maximum absolute atomic E-state index is 11.9. The number of nitrogens with one attached hydrogen (secondary N) is 1. The quantitative estimate of drug-likeness (QED) is 0.387. The summed E-state index contributed by atoms with van der Waals surface area (Å²) < 4.78 is 23.7. The average Bonchev–Trinajstić information content (AvgIpc) is 3.63. The van der Waals surface area contributed by atoms with Crippen molar-refractivity contribution >= 4 is 34.6 Å². The van der Waals surface area contributed by atoms with E-state index in [1.807, 2.05) is 17.0 Å². The Bertz CT molecular complexity index is 1360. The zero-order valence-corrected chi connectivity index (χ0v) is 19.5. The smallest absolute Gasteiger partial charge is 0.240 e. The van der Waals surface area contributed by atoms with Crippen LogP contribution in [0.3, 0.4) is 0 Å².